The predicted molar refractivity (Wildman–Crippen MR) is 60.6 cm³/mol. The minimum atomic E-state index is 0.791. The fraction of sp³-hybridized carbons (Fsp3) is 0.400. The molecule has 0 aromatic carbocycles. The van der Waals surface area contributed by atoms with Crippen molar-refractivity contribution in [3.05, 3.63) is 34.0 Å². The first-order valence-corrected chi connectivity index (χ1v) is 5.66. The summed E-state index contributed by atoms with van der Waals surface area (Å²) in [6, 6.07) is 2.01. The zero-order valence-corrected chi connectivity index (χ0v) is 9.71. The Balaban J connectivity index is 1.80. The van der Waals surface area contributed by atoms with Crippen molar-refractivity contribution in [2.75, 3.05) is 0 Å². The van der Waals surface area contributed by atoms with Gasteiger partial charge in [-0.3, -0.25) is 4.68 Å². The molecular weight excluding hydrogens is 208 g/mol. The molecule has 0 fully saturated rings. The summed E-state index contributed by atoms with van der Waals surface area (Å²) in [5, 5.41) is 8.73. The van der Waals surface area contributed by atoms with E-state index in [-0.39, 0.29) is 0 Å². The van der Waals surface area contributed by atoms with Gasteiger partial charge in [-0.25, -0.2) is 4.98 Å². The van der Waals surface area contributed by atoms with Gasteiger partial charge in [-0.15, -0.1) is 11.3 Å². The van der Waals surface area contributed by atoms with Gasteiger partial charge in [0.1, 0.15) is 5.01 Å². The van der Waals surface area contributed by atoms with Crippen LogP contribution < -0.4 is 5.32 Å². The molecule has 2 aromatic rings. The van der Waals surface area contributed by atoms with Gasteiger partial charge in [-0.1, -0.05) is 0 Å². The van der Waals surface area contributed by atoms with Crippen molar-refractivity contribution >= 4 is 11.3 Å². The van der Waals surface area contributed by atoms with Crippen molar-refractivity contribution in [1.29, 1.82) is 0 Å². The third-order valence-corrected chi connectivity index (χ3v) is 2.93. The number of nitrogens with one attached hydrogen (secondary N) is 1. The van der Waals surface area contributed by atoms with E-state index in [0.29, 0.717) is 0 Å². The molecule has 0 saturated heterocycles. The molecule has 0 atom stereocenters. The van der Waals surface area contributed by atoms with Crippen molar-refractivity contribution < 1.29 is 0 Å². The Morgan fingerprint density at radius 2 is 2.33 bits per heavy atom. The van der Waals surface area contributed by atoms with Crippen LogP contribution in [0.3, 0.4) is 0 Å². The van der Waals surface area contributed by atoms with Crippen LogP contribution in [0.25, 0.3) is 0 Å². The van der Waals surface area contributed by atoms with Gasteiger partial charge in [0.05, 0.1) is 5.69 Å². The van der Waals surface area contributed by atoms with Crippen LogP contribution in [0.15, 0.2) is 18.5 Å². The smallest absolute Gasteiger partial charge is 0.107 e. The maximum Gasteiger partial charge on any atom is 0.107 e. The molecule has 4 nitrogen and oxygen atoms in total. The number of aromatic nitrogens is 3. The summed E-state index contributed by atoms with van der Waals surface area (Å²) in [6.07, 6.45) is 3.85. The maximum atomic E-state index is 4.28. The normalized spacial score (nSPS) is 10.8. The van der Waals surface area contributed by atoms with E-state index < -0.39 is 0 Å². The summed E-state index contributed by atoms with van der Waals surface area (Å²) in [5.41, 5.74) is 1.06. The second kappa shape index (κ2) is 4.55. The van der Waals surface area contributed by atoms with Crippen molar-refractivity contribution in [2.24, 2.45) is 7.05 Å². The molecule has 15 heavy (non-hydrogen) atoms. The van der Waals surface area contributed by atoms with Crippen LogP contribution >= 0.6 is 11.3 Å². The van der Waals surface area contributed by atoms with E-state index >= 15 is 0 Å². The molecule has 2 heterocycles. The zero-order chi connectivity index (χ0) is 10.7. The standard InChI is InChI=1S/C10H14N4S/c1-8-5-12-10(15-8)7-11-6-9-3-4-14(2)13-9/h3-5,11H,6-7H2,1-2H3. The van der Waals surface area contributed by atoms with Crippen LogP contribution in [0.2, 0.25) is 0 Å². The molecule has 0 spiro atoms. The Morgan fingerprint density at radius 3 is 2.93 bits per heavy atom. The molecule has 0 amide bonds. The Hall–Kier alpha value is -1.20. The quantitative estimate of drug-likeness (QED) is 0.852. The molecule has 0 saturated carbocycles. The summed E-state index contributed by atoms with van der Waals surface area (Å²) >= 11 is 1.73. The molecule has 80 valence electrons. The number of thiazole rings is 1. The third-order valence-electron chi connectivity index (χ3n) is 2.02. The van der Waals surface area contributed by atoms with Crippen molar-refractivity contribution in [1.82, 2.24) is 20.1 Å². The number of hydrogen-bond acceptors (Lipinski definition) is 4. The molecule has 0 bridgehead atoms. The van der Waals surface area contributed by atoms with E-state index in [1.807, 2.05) is 30.2 Å². The second-order valence-electron chi connectivity index (χ2n) is 3.45. The van der Waals surface area contributed by atoms with Crippen LogP contribution in [-0.2, 0) is 20.1 Å². The van der Waals surface area contributed by atoms with Gasteiger partial charge in [0.2, 0.25) is 0 Å². The molecular formula is C10H14N4S. The third kappa shape index (κ3) is 2.87. The minimum absolute atomic E-state index is 0.791. The van der Waals surface area contributed by atoms with Gasteiger partial charge in [-0.2, -0.15) is 5.10 Å². The van der Waals surface area contributed by atoms with E-state index in [1.165, 1.54) is 4.88 Å². The average Bonchev–Trinajstić information content (AvgIpc) is 2.76. The minimum Gasteiger partial charge on any atom is -0.305 e. The molecule has 0 aliphatic rings. The van der Waals surface area contributed by atoms with E-state index in [4.69, 9.17) is 0 Å². The Kier molecular flexibility index (Phi) is 3.13. The first kappa shape index (κ1) is 10.3. The van der Waals surface area contributed by atoms with Crippen LogP contribution in [0, 0.1) is 6.92 Å². The summed E-state index contributed by atoms with van der Waals surface area (Å²) in [6.45, 7) is 3.68. The van der Waals surface area contributed by atoms with E-state index in [0.717, 1.165) is 23.8 Å². The fourth-order valence-electron chi connectivity index (χ4n) is 1.34. The van der Waals surface area contributed by atoms with Gasteiger partial charge in [0.15, 0.2) is 0 Å². The lowest BCUT2D eigenvalue weighted by Gasteiger charge is -1.98. The maximum absolute atomic E-state index is 4.28. The number of hydrogen-bond donors (Lipinski definition) is 1. The predicted octanol–water partition coefficient (Wildman–Crippen LogP) is 1.47. The summed E-state index contributed by atoms with van der Waals surface area (Å²) < 4.78 is 1.81. The largest absolute Gasteiger partial charge is 0.305 e. The van der Waals surface area contributed by atoms with E-state index in [1.54, 1.807) is 11.3 Å². The van der Waals surface area contributed by atoms with E-state index in [2.05, 4.69) is 22.3 Å². The molecule has 1 N–H and O–H groups in total. The first-order chi connectivity index (χ1) is 7.24. The van der Waals surface area contributed by atoms with Gasteiger partial charge < -0.3 is 5.32 Å². The number of aryl methyl sites for hydroxylation is 2. The van der Waals surface area contributed by atoms with Gasteiger partial charge in [0.25, 0.3) is 0 Å². The van der Waals surface area contributed by atoms with Crippen LogP contribution in [0.4, 0.5) is 0 Å². The monoisotopic (exact) mass is 222 g/mol. The lowest BCUT2D eigenvalue weighted by Crippen LogP contribution is -2.13. The molecule has 2 rings (SSSR count). The summed E-state index contributed by atoms with van der Waals surface area (Å²) in [7, 11) is 1.92. The molecule has 2 aromatic heterocycles. The highest BCUT2D eigenvalue weighted by Crippen LogP contribution is 2.10. The zero-order valence-electron chi connectivity index (χ0n) is 8.90. The van der Waals surface area contributed by atoms with Gasteiger partial charge in [-0.05, 0) is 13.0 Å². The summed E-state index contributed by atoms with van der Waals surface area (Å²) in [4.78, 5) is 5.54. The summed E-state index contributed by atoms with van der Waals surface area (Å²) in [5.74, 6) is 0. The SMILES string of the molecule is Cc1cnc(CNCc2ccn(C)n2)s1. The topological polar surface area (TPSA) is 42.7 Å². The van der Waals surface area contributed by atoms with Crippen molar-refractivity contribution in [3.8, 4) is 0 Å². The van der Waals surface area contributed by atoms with Crippen molar-refractivity contribution in [2.45, 2.75) is 20.0 Å². The Morgan fingerprint density at radius 1 is 1.47 bits per heavy atom. The molecule has 0 aliphatic carbocycles. The highest BCUT2D eigenvalue weighted by atomic mass is 32.1. The molecule has 5 heteroatoms. The van der Waals surface area contributed by atoms with Crippen LogP contribution in [0.1, 0.15) is 15.6 Å². The molecule has 0 radical (unpaired) electrons. The number of rotatable bonds is 4. The van der Waals surface area contributed by atoms with Gasteiger partial charge >= 0.3 is 0 Å². The second-order valence-corrected chi connectivity index (χ2v) is 4.77. The number of nitrogens with zero attached hydrogens (tertiary/aromatic N) is 3. The first-order valence-electron chi connectivity index (χ1n) is 4.84. The fourth-order valence-corrected chi connectivity index (χ4v) is 2.09. The average molecular weight is 222 g/mol. The van der Waals surface area contributed by atoms with Crippen LogP contribution in [0.5, 0.6) is 0 Å². The lowest BCUT2D eigenvalue weighted by atomic mass is 10.4. The van der Waals surface area contributed by atoms with Gasteiger partial charge in [0, 0.05) is 37.4 Å². The lowest BCUT2D eigenvalue weighted by molar-refractivity contribution is 0.654. The van der Waals surface area contributed by atoms with Crippen LogP contribution in [-0.4, -0.2) is 14.8 Å². The van der Waals surface area contributed by atoms with Crippen molar-refractivity contribution in [3.63, 3.8) is 0 Å². The van der Waals surface area contributed by atoms with E-state index in [9.17, 15) is 0 Å². The molecule has 0 aliphatic heterocycles. The highest BCUT2D eigenvalue weighted by Gasteiger charge is 1.99. The Bertz CT molecular complexity index is 392. The highest BCUT2D eigenvalue weighted by molar-refractivity contribution is 7.11. The molecule has 0 unspecified atom stereocenters. The Labute approximate surface area is 93.0 Å².